The molecule has 1 aliphatic rings. The fourth-order valence-electron chi connectivity index (χ4n) is 3.15. The van der Waals surface area contributed by atoms with Crippen LogP contribution in [0.4, 0.5) is 0 Å². The third kappa shape index (κ3) is 3.57. The number of piperazine rings is 1. The summed E-state index contributed by atoms with van der Waals surface area (Å²) in [6.45, 7) is 5.74. The smallest absolute Gasteiger partial charge is 0.254 e. The van der Waals surface area contributed by atoms with Gasteiger partial charge in [-0.05, 0) is 23.8 Å². The molecule has 1 aliphatic heterocycles. The predicted octanol–water partition coefficient (Wildman–Crippen LogP) is 1.73. The first-order chi connectivity index (χ1) is 11.7. The summed E-state index contributed by atoms with van der Waals surface area (Å²) in [6.07, 6.45) is 0. The highest BCUT2D eigenvalue weighted by molar-refractivity contribution is 6.07. The molecule has 2 amide bonds. The summed E-state index contributed by atoms with van der Waals surface area (Å²) >= 11 is 0. The Balaban J connectivity index is 1.66. The Bertz CT molecular complexity index is 731. The minimum Gasteiger partial charge on any atom is -0.355 e. The predicted molar refractivity (Wildman–Crippen MR) is 95.0 cm³/mol. The molecular formula is C19H23N3O2. The zero-order valence-corrected chi connectivity index (χ0v) is 14.0. The molecule has 5 heteroatoms. The van der Waals surface area contributed by atoms with Crippen LogP contribution in [-0.2, 0) is 4.79 Å². The van der Waals surface area contributed by atoms with Crippen LogP contribution in [0.3, 0.4) is 0 Å². The second-order valence-electron chi connectivity index (χ2n) is 6.05. The number of rotatable bonds is 4. The van der Waals surface area contributed by atoms with Crippen LogP contribution in [0, 0.1) is 0 Å². The van der Waals surface area contributed by atoms with Gasteiger partial charge in [-0.25, -0.2) is 0 Å². The maximum Gasteiger partial charge on any atom is 0.254 e. The van der Waals surface area contributed by atoms with Gasteiger partial charge in [0.05, 0.1) is 6.54 Å². The molecule has 0 aliphatic carbocycles. The van der Waals surface area contributed by atoms with Crippen LogP contribution in [0.1, 0.15) is 17.3 Å². The van der Waals surface area contributed by atoms with Gasteiger partial charge in [0.15, 0.2) is 0 Å². The van der Waals surface area contributed by atoms with Crippen molar-refractivity contribution in [2.75, 3.05) is 39.3 Å². The molecule has 126 valence electrons. The van der Waals surface area contributed by atoms with Gasteiger partial charge in [-0.2, -0.15) is 0 Å². The summed E-state index contributed by atoms with van der Waals surface area (Å²) in [5.41, 5.74) is 0.755. The maximum absolute atomic E-state index is 12.9. The Hall–Kier alpha value is -2.40. The van der Waals surface area contributed by atoms with Gasteiger partial charge in [-0.3, -0.25) is 14.5 Å². The van der Waals surface area contributed by atoms with E-state index in [0.717, 1.165) is 29.4 Å². The SMILES string of the molecule is CCNC(=O)CN1CCN(C(=O)c2cccc3ccccc23)CC1. The lowest BCUT2D eigenvalue weighted by atomic mass is 10.0. The van der Waals surface area contributed by atoms with Crippen molar-refractivity contribution in [3.05, 3.63) is 48.0 Å². The summed E-state index contributed by atoms with van der Waals surface area (Å²) in [5.74, 6) is 0.121. The lowest BCUT2D eigenvalue weighted by molar-refractivity contribution is -0.122. The lowest BCUT2D eigenvalue weighted by Gasteiger charge is -2.34. The molecule has 0 spiro atoms. The van der Waals surface area contributed by atoms with Gasteiger partial charge in [0.25, 0.3) is 5.91 Å². The Morgan fingerprint density at radius 3 is 2.46 bits per heavy atom. The first-order valence-corrected chi connectivity index (χ1v) is 8.45. The molecule has 0 saturated carbocycles. The first-order valence-electron chi connectivity index (χ1n) is 8.45. The quantitative estimate of drug-likeness (QED) is 0.931. The van der Waals surface area contributed by atoms with Crippen molar-refractivity contribution in [3.63, 3.8) is 0 Å². The van der Waals surface area contributed by atoms with E-state index in [2.05, 4.69) is 10.2 Å². The van der Waals surface area contributed by atoms with Gasteiger partial charge in [0.1, 0.15) is 0 Å². The Labute approximate surface area is 142 Å². The van der Waals surface area contributed by atoms with Crippen LogP contribution in [0.2, 0.25) is 0 Å². The molecule has 1 saturated heterocycles. The number of likely N-dealkylation sites (N-methyl/N-ethyl adjacent to an activating group) is 1. The minimum absolute atomic E-state index is 0.0475. The Morgan fingerprint density at radius 1 is 1.00 bits per heavy atom. The molecule has 0 aromatic heterocycles. The van der Waals surface area contributed by atoms with Gasteiger partial charge < -0.3 is 10.2 Å². The Kier molecular flexibility index (Phi) is 5.11. The fraction of sp³-hybridized carbons (Fsp3) is 0.368. The Morgan fingerprint density at radius 2 is 1.71 bits per heavy atom. The zero-order valence-electron chi connectivity index (χ0n) is 14.0. The average molecular weight is 325 g/mol. The second kappa shape index (κ2) is 7.45. The van der Waals surface area contributed by atoms with Gasteiger partial charge in [-0.15, -0.1) is 0 Å². The second-order valence-corrected chi connectivity index (χ2v) is 6.05. The largest absolute Gasteiger partial charge is 0.355 e. The van der Waals surface area contributed by atoms with Crippen molar-refractivity contribution in [2.45, 2.75) is 6.92 Å². The molecule has 5 nitrogen and oxygen atoms in total. The van der Waals surface area contributed by atoms with E-state index < -0.39 is 0 Å². The lowest BCUT2D eigenvalue weighted by Crippen LogP contribution is -2.51. The topological polar surface area (TPSA) is 52.7 Å². The van der Waals surface area contributed by atoms with Crippen LogP contribution in [-0.4, -0.2) is 60.9 Å². The standard InChI is InChI=1S/C19H23N3O2/c1-2-20-18(23)14-21-10-12-22(13-11-21)19(24)17-9-5-7-15-6-3-4-8-16(15)17/h3-9H,2,10-14H2,1H3,(H,20,23). The van der Waals surface area contributed by atoms with E-state index in [1.54, 1.807) is 0 Å². The maximum atomic E-state index is 12.9. The van der Waals surface area contributed by atoms with Crippen LogP contribution in [0.25, 0.3) is 10.8 Å². The molecule has 2 aromatic carbocycles. The molecule has 24 heavy (non-hydrogen) atoms. The number of amides is 2. The van der Waals surface area contributed by atoms with Crippen molar-refractivity contribution in [1.29, 1.82) is 0 Å². The summed E-state index contributed by atoms with van der Waals surface area (Å²) in [4.78, 5) is 28.5. The molecule has 3 rings (SSSR count). The summed E-state index contributed by atoms with van der Waals surface area (Å²) in [7, 11) is 0. The van der Waals surface area contributed by atoms with Crippen molar-refractivity contribution < 1.29 is 9.59 Å². The molecule has 0 radical (unpaired) electrons. The normalized spacial score (nSPS) is 15.5. The summed E-state index contributed by atoms with van der Waals surface area (Å²) < 4.78 is 0. The van der Waals surface area contributed by atoms with E-state index in [-0.39, 0.29) is 11.8 Å². The summed E-state index contributed by atoms with van der Waals surface area (Å²) in [5, 5.41) is 4.89. The van der Waals surface area contributed by atoms with Crippen molar-refractivity contribution in [3.8, 4) is 0 Å². The van der Waals surface area contributed by atoms with Gasteiger partial charge in [0.2, 0.25) is 5.91 Å². The number of hydrogen-bond acceptors (Lipinski definition) is 3. The molecule has 1 N–H and O–H groups in total. The first kappa shape index (κ1) is 16.5. The van der Waals surface area contributed by atoms with Crippen LogP contribution in [0.15, 0.2) is 42.5 Å². The highest BCUT2D eigenvalue weighted by Crippen LogP contribution is 2.20. The van der Waals surface area contributed by atoms with Gasteiger partial charge >= 0.3 is 0 Å². The van der Waals surface area contributed by atoms with E-state index >= 15 is 0 Å². The molecule has 0 bridgehead atoms. The fourth-order valence-corrected chi connectivity index (χ4v) is 3.15. The van der Waals surface area contributed by atoms with Crippen molar-refractivity contribution in [1.82, 2.24) is 15.1 Å². The minimum atomic E-state index is 0.0475. The number of carbonyl (C=O) groups is 2. The highest BCUT2D eigenvalue weighted by atomic mass is 16.2. The van der Waals surface area contributed by atoms with E-state index in [9.17, 15) is 9.59 Å². The average Bonchev–Trinajstić information content (AvgIpc) is 2.61. The molecule has 0 unspecified atom stereocenters. The highest BCUT2D eigenvalue weighted by Gasteiger charge is 2.24. The molecular weight excluding hydrogens is 302 g/mol. The third-order valence-electron chi connectivity index (χ3n) is 4.42. The number of hydrogen-bond donors (Lipinski definition) is 1. The van der Waals surface area contributed by atoms with Crippen LogP contribution >= 0.6 is 0 Å². The molecule has 1 fully saturated rings. The number of carbonyl (C=O) groups excluding carboxylic acids is 2. The molecule has 1 heterocycles. The van der Waals surface area contributed by atoms with Gasteiger partial charge in [-0.1, -0.05) is 36.4 Å². The van der Waals surface area contributed by atoms with Gasteiger partial charge in [0, 0.05) is 38.3 Å². The van der Waals surface area contributed by atoms with Crippen molar-refractivity contribution in [2.24, 2.45) is 0 Å². The number of benzene rings is 2. The third-order valence-corrected chi connectivity index (χ3v) is 4.42. The zero-order chi connectivity index (χ0) is 16.9. The number of nitrogens with one attached hydrogen (secondary N) is 1. The van der Waals surface area contributed by atoms with Crippen molar-refractivity contribution >= 4 is 22.6 Å². The number of fused-ring (bicyclic) bond motifs is 1. The molecule has 2 aromatic rings. The van der Waals surface area contributed by atoms with Crippen LogP contribution in [0.5, 0.6) is 0 Å². The van der Waals surface area contributed by atoms with E-state index in [1.165, 1.54) is 0 Å². The number of nitrogens with zero attached hydrogens (tertiary/aromatic N) is 2. The molecule has 0 atom stereocenters. The monoisotopic (exact) mass is 325 g/mol. The van der Waals surface area contributed by atoms with E-state index in [0.29, 0.717) is 26.2 Å². The summed E-state index contributed by atoms with van der Waals surface area (Å²) in [6, 6.07) is 13.8. The van der Waals surface area contributed by atoms with E-state index in [4.69, 9.17) is 0 Å². The van der Waals surface area contributed by atoms with Crippen LogP contribution < -0.4 is 5.32 Å². The van der Waals surface area contributed by atoms with E-state index in [1.807, 2.05) is 54.3 Å².